The van der Waals surface area contributed by atoms with Gasteiger partial charge in [0.25, 0.3) is 5.91 Å². The van der Waals surface area contributed by atoms with Crippen molar-refractivity contribution in [3.63, 3.8) is 0 Å². The number of ether oxygens (including phenoxy) is 2. The van der Waals surface area contributed by atoms with Crippen molar-refractivity contribution in [1.29, 1.82) is 0 Å². The van der Waals surface area contributed by atoms with Crippen molar-refractivity contribution in [3.8, 4) is 11.5 Å². The van der Waals surface area contributed by atoms with Crippen LogP contribution in [0.4, 0.5) is 11.5 Å². The third-order valence-electron chi connectivity index (χ3n) is 4.18. The van der Waals surface area contributed by atoms with Crippen LogP contribution in [0.5, 0.6) is 11.5 Å². The SMILES string of the molecule is O=C(Nc1ccc2c(c1)OCO2)c1cnc(N2CCCCC2)cn1. The van der Waals surface area contributed by atoms with E-state index in [4.69, 9.17) is 9.47 Å². The van der Waals surface area contributed by atoms with Gasteiger partial charge in [-0.1, -0.05) is 0 Å². The van der Waals surface area contributed by atoms with E-state index in [1.807, 2.05) is 0 Å². The van der Waals surface area contributed by atoms with Gasteiger partial charge in [0.05, 0.1) is 12.4 Å². The van der Waals surface area contributed by atoms with Crippen LogP contribution >= 0.6 is 0 Å². The smallest absolute Gasteiger partial charge is 0.275 e. The third kappa shape index (κ3) is 2.97. The fourth-order valence-corrected chi connectivity index (χ4v) is 2.89. The fraction of sp³-hybridized carbons (Fsp3) is 0.353. The highest BCUT2D eigenvalue weighted by Gasteiger charge is 2.16. The maximum absolute atomic E-state index is 12.3. The summed E-state index contributed by atoms with van der Waals surface area (Å²) in [4.78, 5) is 23.1. The quantitative estimate of drug-likeness (QED) is 0.933. The number of carbonyl (C=O) groups excluding carboxylic acids is 1. The summed E-state index contributed by atoms with van der Waals surface area (Å²) in [6.07, 6.45) is 6.80. The molecular weight excluding hydrogens is 308 g/mol. The number of piperidine rings is 1. The highest BCUT2D eigenvalue weighted by molar-refractivity contribution is 6.02. The molecule has 0 saturated carbocycles. The lowest BCUT2D eigenvalue weighted by Gasteiger charge is -2.27. The topological polar surface area (TPSA) is 76.6 Å². The van der Waals surface area contributed by atoms with Gasteiger partial charge >= 0.3 is 0 Å². The van der Waals surface area contributed by atoms with Crippen LogP contribution in [0.3, 0.4) is 0 Å². The lowest BCUT2D eigenvalue weighted by atomic mass is 10.1. The zero-order valence-electron chi connectivity index (χ0n) is 13.2. The highest BCUT2D eigenvalue weighted by atomic mass is 16.7. The number of aromatic nitrogens is 2. The number of carbonyl (C=O) groups is 1. The summed E-state index contributed by atoms with van der Waals surface area (Å²) < 4.78 is 10.6. The Balaban J connectivity index is 1.44. The predicted molar refractivity (Wildman–Crippen MR) is 88.6 cm³/mol. The van der Waals surface area contributed by atoms with E-state index < -0.39 is 0 Å². The van der Waals surface area contributed by atoms with Crippen LogP contribution in [0.1, 0.15) is 29.8 Å². The number of nitrogens with zero attached hydrogens (tertiary/aromatic N) is 3. The zero-order chi connectivity index (χ0) is 16.4. The maximum atomic E-state index is 12.3. The third-order valence-corrected chi connectivity index (χ3v) is 4.18. The minimum absolute atomic E-state index is 0.205. The molecule has 0 aliphatic carbocycles. The molecule has 0 unspecified atom stereocenters. The number of nitrogens with one attached hydrogen (secondary N) is 1. The van der Waals surface area contributed by atoms with Gasteiger partial charge in [-0.3, -0.25) is 4.79 Å². The number of fused-ring (bicyclic) bond motifs is 1. The van der Waals surface area contributed by atoms with Crippen molar-refractivity contribution in [2.24, 2.45) is 0 Å². The van der Waals surface area contributed by atoms with E-state index in [1.165, 1.54) is 25.5 Å². The monoisotopic (exact) mass is 326 g/mol. The summed E-state index contributed by atoms with van der Waals surface area (Å²) in [6, 6.07) is 5.26. The van der Waals surface area contributed by atoms with Gasteiger partial charge in [0, 0.05) is 24.8 Å². The van der Waals surface area contributed by atoms with Crippen LogP contribution in [0.2, 0.25) is 0 Å². The molecule has 0 bridgehead atoms. The molecule has 1 aromatic heterocycles. The van der Waals surface area contributed by atoms with Gasteiger partial charge < -0.3 is 19.7 Å². The van der Waals surface area contributed by atoms with Crippen LogP contribution in [0.15, 0.2) is 30.6 Å². The van der Waals surface area contributed by atoms with Crippen molar-refractivity contribution >= 4 is 17.4 Å². The van der Waals surface area contributed by atoms with Crippen LogP contribution in [-0.2, 0) is 0 Å². The lowest BCUT2D eigenvalue weighted by molar-refractivity contribution is 0.102. The number of hydrogen-bond donors (Lipinski definition) is 1. The molecule has 7 nitrogen and oxygen atoms in total. The molecule has 0 radical (unpaired) electrons. The van der Waals surface area contributed by atoms with Crippen molar-refractivity contribution < 1.29 is 14.3 Å². The maximum Gasteiger partial charge on any atom is 0.275 e. The average Bonchev–Trinajstić information content (AvgIpc) is 3.10. The molecule has 2 aliphatic rings. The summed E-state index contributed by atoms with van der Waals surface area (Å²) in [5.41, 5.74) is 0.916. The van der Waals surface area contributed by atoms with Crippen LogP contribution < -0.4 is 19.7 Å². The number of amides is 1. The number of benzene rings is 1. The molecule has 7 heteroatoms. The van der Waals surface area contributed by atoms with Crippen molar-refractivity contribution in [1.82, 2.24) is 9.97 Å². The van der Waals surface area contributed by atoms with Gasteiger partial charge in [0.1, 0.15) is 11.5 Å². The molecule has 124 valence electrons. The van der Waals surface area contributed by atoms with E-state index in [0.717, 1.165) is 18.9 Å². The van der Waals surface area contributed by atoms with Crippen molar-refractivity contribution in [2.45, 2.75) is 19.3 Å². The highest BCUT2D eigenvalue weighted by Crippen LogP contribution is 2.34. The molecule has 3 heterocycles. The summed E-state index contributed by atoms with van der Waals surface area (Å²) >= 11 is 0. The largest absolute Gasteiger partial charge is 0.454 e. The Morgan fingerprint density at radius 2 is 1.88 bits per heavy atom. The zero-order valence-corrected chi connectivity index (χ0v) is 13.2. The lowest BCUT2D eigenvalue weighted by Crippen LogP contribution is -2.30. The van der Waals surface area contributed by atoms with Gasteiger partial charge in [0.15, 0.2) is 11.5 Å². The number of anilines is 2. The Bertz CT molecular complexity index is 742. The molecule has 0 atom stereocenters. The Morgan fingerprint density at radius 1 is 1.04 bits per heavy atom. The number of rotatable bonds is 3. The summed E-state index contributed by atoms with van der Waals surface area (Å²) in [5, 5.41) is 2.80. The summed E-state index contributed by atoms with van der Waals surface area (Å²) in [7, 11) is 0. The second kappa shape index (κ2) is 6.35. The summed E-state index contributed by atoms with van der Waals surface area (Å²) in [6.45, 7) is 2.20. The molecule has 24 heavy (non-hydrogen) atoms. The molecule has 2 aromatic rings. The van der Waals surface area contributed by atoms with Gasteiger partial charge in [-0.2, -0.15) is 0 Å². The Hall–Kier alpha value is -2.83. The second-order valence-corrected chi connectivity index (χ2v) is 5.83. The molecule has 1 aromatic carbocycles. The Labute approximate surface area is 139 Å². The number of hydrogen-bond acceptors (Lipinski definition) is 6. The van der Waals surface area contributed by atoms with E-state index in [2.05, 4.69) is 20.2 Å². The van der Waals surface area contributed by atoms with E-state index in [-0.39, 0.29) is 18.4 Å². The Kier molecular flexibility index (Phi) is 3.90. The summed E-state index contributed by atoms with van der Waals surface area (Å²) in [5.74, 6) is 1.83. The van der Waals surface area contributed by atoms with E-state index in [1.54, 1.807) is 24.4 Å². The van der Waals surface area contributed by atoms with Gasteiger partial charge in [-0.25, -0.2) is 9.97 Å². The first-order valence-electron chi connectivity index (χ1n) is 8.07. The van der Waals surface area contributed by atoms with Crippen LogP contribution in [-0.4, -0.2) is 35.8 Å². The average molecular weight is 326 g/mol. The second-order valence-electron chi connectivity index (χ2n) is 5.83. The fourth-order valence-electron chi connectivity index (χ4n) is 2.89. The first-order valence-corrected chi connectivity index (χ1v) is 8.07. The minimum Gasteiger partial charge on any atom is -0.454 e. The molecule has 0 spiro atoms. The molecular formula is C17H18N4O3. The van der Waals surface area contributed by atoms with Gasteiger partial charge in [-0.05, 0) is 31.4 Å². The minimum atomic E-state index is -0.299. The van der Waals surface area contributed by atoms with Crippen LogP contribution in [0, 0.1) is 0 Å². The van der Waals surface area contributed by atoms with E-state index in [0.29, 0.717) is 17.2 Å². The molecule has 4 rings (SSSR count). The van der Waals surface area contributed by atoms with E-state index >= 15 is 0 Å². The van der Waals surface area contributed by atoms with Crippen LogP contribution in [0.25, 0.3) is 0 Å². The predicted octanol–water partition coefficient (Wildman–Crippen LogP) is 2.45. The van der Waals surface area contributed by atoms with Gasteiger partial charge in [0.2, 0.25) is 6.79 Å². The molecule has 1 N–H and O–H groups in total. The van der Waals surface area contributed by atoms with Crippen molar-refractivity contribution in [3.05, 3.63) is 36.3 Å². The first-order chi connectivity index (χ1) is 11.8. The normalized spacial score (nSPS) is 16.1. The van der Waals surface area contributed by atoms with E-state index in [9.17, 15) is 4.79 Å². The Morgan fingerprint density at radius 3 is 2.67 bits per heavy atom. The standard InChI is InChI=1S/C17H18N4O3/c22-17(20-12-4-5-14-15(8-12)24-11-23-14)13-9-19-16(10-18-13)21-6-2-1-3-7-21/h4-5,8-10H,1-3,6-7,11H2,(H,20,22). The van der Waals surface area contributed by atoms with Gasteiger partial charge in [-0.15, -0.1) is 0 Å². The molecule has 1 saturated heterocycles. The molecule has 1 fully saturated rings. The first kappa shape index (κ1) is 14.7. The molecule has 2 aliphatic heterocycles. The van der Waals surface area contributed by atoms with Crippen molar-refractivity contribution in [2.75, 3.05) is 30.1 Å². The molecule has 1 amide bonds.